The predicted octanol–water partition coefficient (Wildman–Crippen LogP) is 3.08. The third kappa shape index (κ3) is 2.82. The summed E-state index contributed by atoms with van der Waals surface area (Å²) in [5.74, 6) is 1.71. The van der Waals surface area contributed by atoms with E-state index in [-0.39, 0.29) is 5.41 Å². The number of aromatic amines is 1. The number of methoxy groups -OCH3 is 1. The highest BCUT2D eigenvalue weighted by Gasteiger charge is 2.22. The van der Waals surface area contributed by atoms with Gasteiger partial charge in [-0.3, -0.25) is 0 Å². The Kier molecular flexibility index (Phi) is 3.96. The lowest BCUT2D eigenvalue weighted by Gasteiger charge is -2.18. The molecule has 0 aliphatic rings. The lowest BCUT2D eigenvalue weighted by atomic mass is 9.93. The minimum Gasteiger partial charge on any atom is -0.496 e. The summed E-state index contributed by atoms with van der Waals surface area (Å²) in [7, 11) is 1.65. The average molecular weight is 324 g/mol. The van der Waals surface area contributed by atoms with Crippen LogP contribution < -0.4 is 10.5 Å². The molecule has 0 saturated heterocycles. The van der Waals surface area contributed by atoms with E-state index in [0.717, 1.165) is 27.3 Å². The number of H-pyrrole nitrogens is 1. The van der Waals surface area contributed by atoms with Crippen molar-refractivity contribution in [3.05, 3.63) is 34.7 Å². The normalized spacial score (nSPS) is 11.6. The zero-order valence-electron chi connectivity index (χ0n) is 11.3. The fourth-order valence-electron chi connectivity index (χ4n) is 1.74. The Bertz CT molecular complexity index is 578. The minimum atomic E-state index is -0.151. The first-order valence-electron chi connectivity index (χ1n) is 6.07. The fourth-order valence-corrected chi connectivity index (χ4v) is 2.28. The van der Waals surface area contributed by atoms with Gasteiger partial charge < -0.3 is 15.5 Å². The van der Waals surface area contributed by atoms with E-state index in [1.165, 1.54) is 0 Å². The van der Waals surface area contributed by atoms with Crippen molar-refractivity contribution in [1.29, 1.82) is 0 Å². The Morgan fingerprint density at radius 2 is 2.16 bits per heavy atom. The number of aromatic nitrogens is 2. The van der Waals surface area contributed by atoms with Crippen LogP contribution in [-0.4, -0.2) is 23.6 Å². The number of hydrogen-bond donors (Lipinski definition) is 2. The van der Waals surface area contributed by atoms with Crippen LogP contribution in [0.15, 0.2) is 28.9 Å². The number of nitrogens with two attached hydrogens (primary N) is 1. The molecule has 1 aromatic carbocycles. The lowest BCUT2D eigenvalue weighted by molar-refractivity contribution is 0.412. The third-order valence-electron chi connectivity index (χ3n) is 3.19. The van der Waals surface area contributed by atoms with E-state index in [4.69, 9.17) is 10.5 Å². The molecule has 0 fully saturated rings. The molecule has 102 valence electrons. The van der Waals surface area contributed by atoms with Gasteiger partial charge in [0.1, 0.15) is 11.6 Å². The van der Waals surface area contributed by atoms with Gasteiger partial charge in [0.25, 0.3) is 0 Å². The Morgan fingerprint density at radius 3 is 2.74 bits per heavy atom. The third-order valence-corrected chi connectivity index (χ3v) is 3.81. The van der Waals surface area contributed by atoms with Crippen molar-refractivity contribution >= 4 is 15.9 Å². The molecule has 2 rings (SSSR count). The monoisotopic (exact) mass is 323 g/mol. The summed E-state index contributed by atoms with van der Waals surface area (Å²) >= 11 is 3.49. The van der Waals surface area contributed by atoms with Gasteiger partial charge in [-0.25, -0.2) is 4.98 Å². The second-order valence-electron chi connectivity index (χ2n) is 5.08. The highest BCUT2D eigenvalue weighted by atomic mass is 79.9. The van der Waals surface area contributed by atoms with Crippen LogP contribution >= 0.6 is 15.9 Å². The van der Waals surface area contributed by atoms with Crippen LogP contribution in [0.3, 0.4) is 0 Å². The van der Waals surface area contributed by atoms with Gasteiger partial charge in [0.15, 0.2) is 0 Å². The van der Waals surface area contributed by atoms with Crippen molar-refractivity contribution < 1.29 is 4.74 Å². The molecular formula is C14H18BrN3O. The molecule has 0 bridgehead atoms. The second-order valence-corrected chi connectivity index (χ2v) is 5.94. The maximum Gasteiger partial charge on any atom is 0.133 e. The number of hydrogen-bond acceptors (Lipinski definition) is 3. The maximum absolute atomic E-state index is 5.76. The summed E-state index contributed by atoms with van der Waals surface area (Å²) in [6.45, 7) is 4.69. The summed E-state index contributed by atoms with van der Waals surface area (Å²) in [5.41, 5.74) is 7.64. The molecule has 0 spiro atoms. The molecule has 1 aromatic heterocycles. The van der Waals surface area contributed by atoms with Crippen LogP contribution in [0, 0.1) is 0 Å². The van der Waals surface area contributed by atoms with Crippen LogP contribution in [0.25, 0.3) is 11.3 Å². The Balaban J connectivity index is 2.36. The van der Waals surface area contributed by atoms with E-state index < -0.39 is 0 Å². The van der Waals surface area contributed by atoms with Crippen LogP contribution in [0.5, 0.6) is 5.75 Å². The molecule has 0 atom stereocenters. The van der Waals surface area contributed by atoms with Gasteiger partial charge in [-0.2, -0.15) is 0 Å². The van der Waals surface area contributed by atoms with Crippen molar-refractivity contribution in [1.82, 2.24) is 9.97 Å². The number of nitrogens with zero attached hydrogens (tertiary/aromatic N) is 1. The molecule has 0 aliphatic heterocycles. The zero-order valence-corrected chi connectivity index (χ0v) is 12.9. The molecule has 0 radical (unpaired) electrons. The Morgan fingerprint density at radius 1 is 1.42 bits per heavy atom. The molecule has 2 aromatic rings. The number of benzene rings is 1. The quantitative estimate of drug-likeness (QED) is 0.908. The number of rotatable bonds is 4. The van der Waals surface area contributed by atoms with Crippen molar-refractivity contribution in [2.24, 2.45) is 5.73 Å². The number of ether oxygens (including phenoxy) is 1. The van der Waals surface area contributed by atoms with Gasteiger partial charge in [0.2, 0.25) is 0 Å². The van der Waals surface area contributed by atoms with E-state index in [9.17, 15) is 0 Å². The van der Waals surface area contributed by atoms with Crippen LogP contribution in [0.2, 0.25) is 0 Å². The van der Waals surface area contributed by atoms with Gasteiger partial charge in [0, 0.05) is 17.5 Å². The van der Waals surface area contributed by atoms with E-state index >= 15 is 0 Å². The molecule has 0 aliphatic carbocycles. The highest BCUT2D eigenvalue weighted by Crippen LogP contribution is 2.30. The second kappa shape index (κ2) is 5.35. The van der Waals surface area contributed by atoms with Crippen molar-refractivity contribution in [3.8, 4) is 17.0 Å². The lowest BCUT2D eigenvalue weighted by Crippen LogP contribution is -2.29. The first-order chi connectivity index (χ1) is 8.97. The summed E-state index contributed by atoms with van der Waals surface area (Å²) < 4.78 is 6.14. The smallest absolute Gasteiger partial charge is 0.133 e. The first kappa shape index (κ1) is 14.1. The standard InChI is InChI=1S/C14H18BrN3O/c1-14(2,8-16)13-17-7-11(18-13)9-4-5-12(19-3)10(15)6-9/h4-7H,8,16H2,1-3H3,(H,17,18). The Labute approximate surface area is 121 Å². The summed E-state index contributed by atoms with van der Waals surface area (Å²) in [5, 5.41) is 0. The molecule has 0 unspecified atom stereocenters. The molecule has 5 heteroatoms. The van der Waals surface area contributed by atoms with Crippen LogP contribution in [0.4, 0.5) is 0 Å². The molecule has 19 heavy (non-hydrogen) atoms. The maximum atomic E-state index is 5.76. The number of imidazole rings is 1. The van der Waals surface area contributed by atoms with Crippen LogP contribution in [-0.2, 0) is 5.41 Å². The van der Waals surface area contributed by atoms with E-state index in [0.29, 0.717) is 6.54 Å². The molecule has 0 saturated carbocycles. The predicted molar refractivity (Wildman–Crippen MR) is 80.4 cm³/mol. The summed E-state index contributed by atoms with van der Waals surface area (Å²) in [4.78, 5) is 7.76. The molecule has 3 N–H and O–H groups in total. The van der Waals surface area contributed by atoms with Gasteiger partial charge in [-0.15, -0.1) is 0 Å². The van der Waals surface area contributed by atoms with Crippen molar-refractivity contribution in [2.75, 3.05) is 13.7 Å². The van der Waals surface area contributed by atoms with Gasteiger partial charge in [0.05, 0.1) is 23.5 Å². The van der Waals surface area contributed by atoms with E-state index in [1.54, 1.807) is 7.11 Å². The average Bonchev–Trinajstić information content (AvgIpc) is 2.89. The topological polar surface area (TPSA) is 63.9 Å². The zero-order chi connectivity index (χ0) is 14.0. The fraction of sp³-hybridized carbons (Fsp3) is 0.357. The van der Waals surface area contributed by atoms with E-state index in [1.807, 2.05) is 24.4 Å². The Hall–Kier alpha value is -1.33. The number of halogens is 1. The van der Waals surface area contributed by atoms with Crippen molar-refractivity contribution in [3.63, 3.8) is 0 Å². The first-order valence-corrected chi connectivity index (χ1v) is 6.86. The molecular weight excluding hydrogens is 306 g/mol. The van der Waals surface area contributed by atoms with Gasteiger partial charge >= 0.3 is 0 Å². The summed E-state index contributed by atoms with van der Waals surface area (Å²) in [6.07, 6.45) is 1.83. The summed E-state index contributed by atoms with van der Waals surface area (Å²) in [6, 6.07) is 5.93. The van der Waals surface area contributed by atoms with Gasteiger partial charge in [-0.05, 0) is 34.1 Å². The SMILES string of the molecule is COc1ccc(-c2cnc(C(C)(C)CN)[nH]2)cc1Br. The molecule has 0 amide bonds. The van der Waals surface area contributed by atoms with Crippen molar-refractivity contribution in [2.45, 2.75) is 19.3 Å². The molecule has 1 heterocycles. The van der Waals surface area contributed by atoms with Crippen LogP contribution in [0.1, 0.15) is 19.7 Å². The van der Waals surface area contributed by atoms with E-state index in [2.05, 4.69) is 39.7 Å². The number of nitrogens with one attached hydrogen (secondary N) is 1. The highest BCUT2D eigenvalue weighted by molar-refractivity contribution is 9.10. The molecule has 4 nitrogen and oxygen atoms in total. The largest absolute Gasteiger partial charge is 0.496 e. The van der Waals surface area contributed by atoms with Gasteiger partial charge in [-0.1, -0.05) is 13.8 Å². The minimum absolute atomic E-state index is 0.151.